The Bertz CT molecular complexity index is 1440. The summed E-state index contributed by atoms with van der Waals surface area (Å²) in [5, 5.41) is 2.04. The first kappa shape index (κ1) is 18.3. The summed E-state index contributed by atoms with van der Waals surface area (Å²) in [6.07, 6.45) is 3.60. The summed E-state index contributed by atoms with van der Waals surface area (Å²) in [6, 6.07) is 32.6. The number of rotatable bonds is 3. The van der Waals surface area contributed by atoms with Crippen LogP contribution >= 0.6 is 0 Å². The third-order valence-corrected chi connectivity index (χ3v) is 5.54. The van der Waals surface area contributed by atoms with Crippen molar-refractivity contribution in [3.63, 3.8) is 0 Å². The van der Waals surface area contributed by atoms with Crippen LogP contribution in [0.3, 0.4) is 0 Å². The van der Waals surface area contributed by atoms with Gasteiger partial charge < -0.3 is 0 Å². The van der Waals surface area contributed by atoms with Crippen molar-refractivity contribution in [2.45, 2.75) is 0 Å². The molecule has 4 heterocycles. The number of benzene rings is 2. The molecule has 0 amide bonds. The van der Waals surface area contributed by atoms with Gasteiger partial charge in [0.2, 0.25) is 0 Å². The van der Waals surface area contributed by atoms with E-state index in [4.69, 9.17) is 9.97 Å². The van der Waals surface area contributed by atoms with E-state index in [1.165, 1.54) is 0 Å². The molecule has 2 aromatic carbocycles. The fourth-order valence-electron chi connectivity index (χ4n) is 4.01. The van der Waals surface area contributed by atoms with Gasteiger partial charge in [0.25, 0.3) is 0 Å². The second kappa shape index (κ2) is 7.67. The van der Waals surface area contributed by atoms with Crippen LogP contribution in [0.25, 0.3) is 55.7 Å². The maximum atomic E-state index is 5.06. The number of nitrogens with zero attached hydrogens (tertiary/aromatic N) is 4. The Balaban J connectivity index is 1.70. The molecule has 0 saturated heterocycles. The highest BCUT2D eigenvalue weighted by atomic mass is 14.9. The fourth-order valence-corrected chi connectivity index (χ4v) is 4.01. The van der Waals surface area contributed by atoms with Gasteiger partial charge in [-0.05, 0) is 24.3 Å². The quantitative estimate of drug-likeness (QED) is 0.331. The van der Waals surface area contributed by atoms with Crippen LogP contribution in [0.5, 0.6) is 0 Å². The zero-order valence-electron chi connectivity index (χ0n) is 17.2. The summed E-state index contributed by atoms with van der Waals surface area (Å²) >= 11 is 0. The number of hydrogen-bond donors (Lipinski definition) is 0. The average molecular weight is 410 g/mol. The Morgan fingerprint density at radius 2 is 0.875 bits per heavy atom. The predicted octanol–water partition coefficient (Wildman–Crippen LogP) is 6.57. The highest BCUT2D eigenvalue weighted by molar-refractivity contribution is 6.01. The molecule has 4 nitrogen and oxygen atoms in total. The van der Waals surface area contributed by atoms with Gasteiger partial charge in [-0.15, -0.1) is 0 Å². The Hall–Kier alpha value is -4.44. The van der Waals surface area contributed by atoms with E-state index >= 15 is 0 Å². The molecule has 0 saturated carbocycles. The zero-order valence-corrected chi connectivity index (χ0v) is 17.2. The minimum Gasteiger partial charge on any atom is -0.254 e. The van der Waals surface area contributed by atoms with Crippen LogP contribution in [0, 0.1) is 0 Å². The van der Waals surface area contributed by atoms with Gasteiger partial charge in [-0.2, -0.15) is 0 Å². The molecule has 0 aliphatic rings. The Morgan fingerprint density at radius 1 is 0.438 bits per heavy atom. The first-order valence-corrected chi connectivity index (χ1v) is 10.5. The highest BCUT2D eigenvalue weighted by Gasteiger charge is 2.17. The van der Waals surface area contributed by atoms with Crippen LogP contribution in [0.4, 0.5) is 0 Å². The standard InChI is InChI=1S/C28H18N4/c1-3-9-19(10-4-1)23-17-21-13-7-15-29-25(21)27(31-23)28-26-22(14-8-16-30-26)18-24(32-28)20-11-5-2-6-12-20/h1-18H. The molecule has 0 spiro atoms. The van der Waals surface area contributed by atoms with Crippen molar-refractivity contribution in [1.29, 1.82) is 0 Å². The molecule has 0 radical (unpaired) electrons. The maximum Gasteiger partial charge on any atom is 0.118 e. The van der Waals surface area contributed by atoms with Crippen LogP contribution in [0.15, 0.2) is 109 Å². The van der Waals surface area contributed by atoms with Crippen molar-refractivity contribution >= 4 is 21.8 Å². The fraction of sp³-hybridized carbons (Fsp3) is 0. The second-order valence-corrected chi connectivity index (χ2v) is 7.59. The third kappa shape index (κ3) is 3.19. The topological polar surface area (TPSA) is 51.6 Å². The molecule has 4 heteroatoms. The number of fused-ring (bicyclic) bond motifs is 2. The van der Waals surface area contributed by atoms with Gasteiger partial charge in [-0.25, -0.2) is 9.97 Å². The van der Waals surface area contributed by atoms with Crippen molar-refractivity contribution in [3.8, 4) is 33.9 Å². The molecule has 0 fully saturated rings. The van der Waals surface area contributed by atoms with Gasteiger partial charge in [0.15, 0.2) is 0 Å². The summed E-state index contributed by atoms with van der Waals surface area (Å²) in [7, 11) is 0. The lowest BCUT2D eigenvalue weighted by molar-refractivity contribution is 1.25. The van der Waals surface area contributed by atoms with Gasteiger partial charge in [0.05, 0.1) is 22.4 Å². The molecule has 0 unspecified atom stereocenters. The van der Waals surface area contributed by atoms with Crippen LogP contribution in [0.1, 0.15) is 0 Å². The minimum atomic E-state index is 0.739. The van der Waals surface area contributed by atoms with Gasteiger partial charge in [0.1, 0.15) is 11.4 Å². The lowest BCUT2D eigenvalue weighted by Gasteiger charge is -2.12. The van der Waals surface area contributed by atoms with E-state index in [0.717, 1.165) is 55.7 Å². The van der Waals surface area contributed by atoms with Crippen molar-refractivity contribution in [2.24, 2.45) is 0 Å². The Kier molecular flexibility index (Phi) is 4.40. The zero-order chi connectivity index (χ0) is 21.3. The minimum absolute atomic E-state index is 0.739. The first-order chi connectivity index (χ1) is 15.9. The van der Waals surface area contributed by atoms with Gasteiger partial charge >= 0.3 is 0 Å². The molecule has 0 N–H and O–H groups in total. The first-order valence-electron chi connectivity index (χ1n) is 10.5. The van der Waals surface area contributed by atoms with E-state index in [1.807, 2.05) is 48.5 Å². The molecular formula is C28H18N4. The maximum absolute atomic E-state index is 5.06. The molecule has 6 aromatic rings. The van der Waals surface area contributed by atoms with Crippen molar-refractivity contribution in [2.75, 3.05) is 0 Å². The second-order valence-electron chi connectivity index (χ2n) is 7.59. The van der Waals surface area contributed by atoms with E-state index in [9.17, 15) is 0 Å². The number of pyridine rings is 4. The number of hydrogen-bond acceptors (Lipinski definition) is 4. The van der Waals surface area contributed by atoms with Crippen LogP contribution < -0.4 is 0 Å². The average Bonchev–Trinajstić information content (AvgIpc) is 2.88. The lowest BCUT2D eigenvalue weighted by Crippen LogP contribution is -1.98. The molecule has 0 aliphatic heterocycles. The summed E-state index contributed by atoms with van der Waals surface area (Å²) in [5.41, 5.74) is 6.99. The van der Waals surface area contributed by atoms with E-state index < -0.39 is 0 Å². The third-order valence-electron chi connectivity index (χ3n) is 5.54. The lowest BCUT2D eigenvalue weighted by atomic mass is 10.0. The number of aromatic nitrogens is 4. The van der Waals surface area contributed by atoms with Gasteiger partial charge in [0, 0.05) is 34.3 Å². The van der Waals surface area contributed by atoms with Crippen molar-refractivity contribution in [3.05, 3.63) is 109 Å². The van der Waals surface area contributed by atoms with E-state index in [0.29, 0.717) is 0 Å². The normalized spacial score (nSPS) is 11.1. The van der Waals surface area contributed by atoms with Crippen LogP contribution in [-0.4, -0.2) is 19.9 Å². The van der Waals surface area contributed by atoms with Crippen molar-refractivity contribution in [1.82, 2.24) is 19.9 Å². The predicted molar refractivity (Wildman–Crippen MR) is 129 cm³/mol. The SMILES string of the molecule is c1ccc(-c2cc3cccnc3c(-c3nc(-c4ccccc4)cc4cccnc34)n2)cc1. The largest absolute Gasteiger partial charge is 0.254 e. The Morgan fingerprint density at radius 3 is 1.31 bits per heavy atom. The summed E-state index contributed by atoms with van der Waals surface area (Å²) in [6.45, 7) is 0. The van der Waals surface area contributed by atoms with Crippen LogP contribution in [0.2, 0.25) is 0 Å². The molecule has 150 valence electrons. The summed E-state index contributed by atoms with van der Waals surface area (Å²) < 4.78 is 0. The van der Waals surface area contributed by atoms with Gasteiger partial charge in [-0.3, -0.25) is 9.97 Å². The molecule has 32 heavy (non-hydrogen) atoms. The summed E-state index contributed by atoms with van der Waals surface area (Å²) in [5.74, 6) is 0. The van der Waals surface area contributed by atoms with Crippen LogP contribution in [-0.2, 0) is 0 Å². The molecule has 4 aromatic heterocycles. The molecule has 0 atom stereocenters. The smallest absolute Gasteiger partial charge is 0.118 e. The van der Waals surface area contributed by atoms with E-state index in [-0.39, 0.29) is 0 Å². The van der Waals surface area contributed by atoms with Gasteiger partial charge in [-0.1, -0.05) is 72.8 Å². The highest BCUT2D eigenvalue weighted by Crippen LogP contribution is 2.34. The van der Waals surface area contributed by atoms with E-state index in [1.54, 1.807) is 12.4 Å². The monoisotopic (exact) mass is 410 g/mol. The van der Waals surface area contributed by atoms with E-state index in [2.05, 4.69) is 58.5 Å². The molecule has 6 rings (SSSR count). The Labute approximate surface area is 185 Å². The molecule has 0 bridgehead atoms. The molecule has 0 aliphatic carbocycles. The van der Waals surface area contributed by atoms with Crippen molar-refractivity contribution < 1.29 is 0 Å². The molecular weight excluding hydrogens is 392 g/mol. The summed E-state index contributed by atoms with van der Waals surface area (Å²) in [4.78, 5) is 19.5.